The second-order valence-electron chi connectivity index (χ2n) is 2.11. The summed E-state index contributed by atoms with van der Waals surface area (Å²) in [6.45, 7) is -0.861. The zero-order valence-corrected chi connectivity index (χ0v) is 7.28. The van der Waals surface area contributed by atoms with Crippen LogP contribution in [0.1, 0.15) is 0 Å². The molecule has 0 unspecified atom stereocenters. The van der Waals surface area contributed by atoms with Gasteiger partial charge in [0, 0.05) is 0 Å². The van der Waals surface area contributed by atoms with Crippen LogP contribution in [-0.2, 0) is 14.8 Å². The molecule has 0 aromatic carbocycles. The Morgan fingerprint density at radius 2 is 2.15 bits per heavy atom. The van der Waals surface area contributed by atoms with Gasteiger partial charge in [0.15, 0.2) is 5.75 Å². The van der Waals surface area contributed by atoms with Crippen LogP contribution in [-0.4, -0.2) is 43.0 Å². The van der Waals surface area contributed by atoms with E-state index in [9.17, 15) is 13.2 Å². The maximum absolute atomic E-state index is 10.8. The molecular weight excluding hydrogens is 200 g/mol. The molecule has 0 rings (SSSR count). The molecule has 3 N–H and O–H groups in total. The van der Waals surface area contributed by atoms with E-state index in [0.29, 0.717) is 0 Å². The van der Waals surface area contributed by atoms with Crippen LogP contribution >= 0.6 is 0 Å². The molecule has 0 radical (unpaired) electrons. The molecule has 8 heteroatoms. The van der Waals surface area contributed by atoms with Crippen molar-refractivity contribution in [2.75, 3.05) is 12.4 Å². The second kappa shape index (κ2) is 4.76. The molecule has 0 bridgehead atoms. The molecule has 0 aliphatic rings. The van der Waals surface area contributed by atoms with Crippen LogP contribution in [0.25, 0.3) is 0 Å². The lowest BCUT2D eigenvalue weighted by Crippen LogP contribution is -2.44. The first-order chi connectivity index (χ1) is 5.93. The summed E-state index contributed by atoms with van der Waals surface area (Å²) in [6.07, 6.45) is 0. The van der Waals surface area contributed by atoms with Crippen molar-refractivity contribution >= 4 is 16.0 Å². The number of nitrogens with zero attached hydrogens (tertiary/aromatic N) is 1. The Kier molecular flexibility index (Phi) is 4.33. The highest BCUT2D eigenvalue weighted by atomic mass is 32.2. The van der Waals surface area contributed by atoms with Gasteiger partial charge in [-0.3, -0.25) is 4.79 Å². The molecule has 0 aromatic heterocycles. The van der Waals surface area contributed by atoms with Crippen molar-refractivity contribution in [1.82, 2.24) is 4.72 Å². The Morgan fingerprint density at radius 3 is 2.46 bits per heavy atom. The van der Waals surface area contributed by atoms with E-state index in [4.69, 9.17) is 15.5 Å². The van der Waals surface area contributed by atoms with E-state index in [1.54, 1.807) is 4.72 Å². The van der Waals surface area contributed by atoms with E-state index in [1.165, 1.54) is 6.07 Å². The van der Waals surface area contributed by atoms with E-state index in [2.05, 4.69) is 0 Å². The molecule has 13 heavy (non-hydrogen) atoms. The number of carboxylic acids is 1. The minimum Gasteiger partial charge on any atom is -0.480 e. The Labute approximate surface area is 74.7 Å². The van der Waals surface area contributed by atoms with Crippen molar-refractivity contribution in [3.05, 3.63) is 0 Å². The maximum atomic E-state index is 10.8. The van der Waals surface area contributed by atoms with Gasteiger partial charge >= 0.3 is 5.97 Å². The van der Waals surface area contributed by atoms with Crippen molar-refractivity contribution < 1.29 is 23.4 Å². The first-order valence-corrected chi connectivity index (χ1v) is 4.79. The van der Waals surface area contributed by atoms with Crippen LogP contribution in [0.4, 0.5) is 0 Å². The van der Waals surface area contributed by atoms with Gasteiger partial charge in [0.1, 0.15) is 6.04 Å². The van der Waals surface area contributed by atoms with Crippen LogP contribution in [0.3, 0.4) is 0 Å². The summed E-state index contributed by atoms with van der Waals surface area (Å²) >= 11 is 0. The third-order valence-corrected chi connectivity index (χ3v) is 2.21. The van der Waals surface area contributed by atoms with Crippen molar-refractivity contribution in [2.24, 2.45) is 0 Å². The maximum Gasteiger partial charge on any atom is 0.324 e. The van der Waals surface area contributed by atoms with Gasteiger partial charge in [-0.05, 0) is 0 Å². The number of rotatable bonds is 5. The monoisotopic (exact) mass is 208 g/mol. The lowest BCUT2D eigenvalue weighted by atomic mass is 10.3. The van der Waals surface area contributed by atoms with Crippen molar-refractivity contribution in [3.8, 4) is 6.07 Å². The van der Waals surface area contributed by atoms with Gasteiger partial charge < -0.3 is 10.2 Å². The number of aliphatic carboxylic acids is 1. The van der Waals surface area contributed by atoms with E-state index in [0.717, 1.165) is 0 Å². The molecule has 0 aliphatic heterocycles. The average molecular weight is 208 g/mol. The first-order valence-electron chi connectivity index (χ1n) is 3.13. The van der Waals surface area contributed by atoms with Crippen LogP contribution in [0, 0.1) is 11.3 Å². The molecule has 74 valence electrons. The number of carbonyl (C=O) groups is 1. The normalized spacial score (nSPS) is 13.2. The van der Waals surface area contributed by atoms with Gasteiger partial charge in [0.05, 0.1) is 12.7 Å². The summed E-state index contributed by atoms with van der Waals surface area (Å²) in [6, 6.07) is -0.247. The first kappa shape index (κ1) is 11.8. The van der Waals surface area contributed by atoms with E-state index >= 15 is 0 Å². The fourth-order valence-electron chi connectivity index (χ4n) is 0.509. The lowest BCUT2D eigenvalue weighted by molar-refractivity contribution is -0.139. The number of nitriles is 1. The number of hydrogen-bond donors (Lipinski definition) is 3. The second-order valence-corrected chi connectivity index (χ2v) is 3.86. The van der Waals surface area contributed by atoms with Crippen molar-refractivity contribution in [1.29, 1.82) is 5.26 Å². The third kappa shape index (κ3) is 4.41. The fraction of sp³-hybridized carbons (Fsp3) is 0.600. The van der Waals surface area contributed by atoms with Crippen LogP contribution < -0.4 is 4.72 Å². The summed E-state index contributed by atoms with van der Waals surface area (Å²) in [5, 5.41) is 24.8. The highest BCUT2D eigenvalue weighted by Crippen LogP contribution is 1.89. The number of carboxylic acid groups (broad SMARTS) is 1. The molecule has 0 saturated heterocycles. The minimum absolute atomic E-state index is 0.837. The van der Waals surface area contributed by atoms with E-state index in [1.807, 2.05) is 0 Å². The smallest absolute Gasteiger partial charge is 0.324 e. The summed E-state index contributed by atoms with van der Waals surface area (Å²) in [7, 11) is -3.94. The Morgan fingerprint density at radius 1 is 1.62 bits per heavy atom. The number of sulfonamides is 1. The Bertz CT molecular complexity index is 316. The lowest BCUT2D eigenvalue weighted by Gasteiger charge is -2.09. The Balaban J connectivity index is 4.42. The number of aliphatic hydroxyl groups excluding tert-OH is 1. The molecular formula is C5H8N2O5S. The fourth-order valence-corrected chi connectivity index (χ4v) is 1.37. The third-order valence-electron chi connectivity index (χ3n) is 1.06. The van der Waals surface area contributed by atoms with Crippen LogP contribution in [0.15, 0.2) is 0 Å². The standard InChI is InChI=1S/C5H8N2O5S/c6-1-2-13(11,12)7-4(3-8)5(9)10/h4,7-8H,2-3H2,(H,9,10)/t4-/m0/s1. The minimum atomic E-state index is -3.94. The summed E-state index contributed by atoms with van der Waals surface area (Å²) in [4.78, 5) is 10.2. The van der Waals surface area contributed by atoms with Crippen LogP contribution in [0.5, 0.6) is 0 Å². The quantitative estimate of drug-likeness (QED) is 0.473. The summed E-state index contributed by atoms with van der Waals surface area (Å²) in [5.41, 5.74) is 0. The SMILES string of the molecule is N#CCS(=O)(=O)N[C@@H](CO)C(=O)O. The van der Waals surface area contributed by atoms with Gasteiger partial charge in [-0.15, -0.1) is 0 Å². The number of aliphatic hydroxyl groups is 1. The van der Waals surface area contributed by atoms with Crippen molar-refractivity contribution in [2.45, 2.75) is 6.04 Å². The van der Waals surface area contributed by atoms with Gasteiger partial charge in [0.25, 0.3) is 0 Å². The van der Waals surface area contributed by atoms with E-state index < -0.39 is 34.4 Å². The molecule has 0 aliphatic carbocycles. The molecule has 0 heterocycles. The predicted molar refractivity (Wildman–Crippen MR) is 41.0 cm³/mol. The molecule has 0 spiro atoms. The largest absolute Gasteiger partial charge is 0.480 e. The van der Waals surface area contributed by atoms with Gasteiger partial charge in [-0.1, -0.05) is 0 Å². The molecule has 7 nitrogen and oxygen atoms in total. The van der Waals surface area contributed by atoms with Crippen LogP contribution in [0.2, 0.25) is 0 Å². The summed E-state index contributed by atoms with van der Waals surface area (Å²) < 4.78 is 23.2. The highest BCUT2D eigenvalue weighted by molar-refractivity contribution is 7.89. The zero-order chi connectivity index (χ0) is 10.5. The molecule has 1 atom stereocenters. The summed E-state index contributed by atoms with van der Waals surface area (Å²) in [5.74, 6) is -2.33. The van der Waals surface area contributed by atoms with E-state index in [-0.39, 0.29) is 0 Å². The van der Waals surface area contributed by atoms with Gasteiger partial charge in [-0.2, -0.15) is 9.98 Å². The molecule has 0 amide bonds. The highest BCUT2D eigenvalue weighted by Gasteiger charge is 2.22. The zero-order valence-electron chi connectivity index (χ0n) is 6.47. The molecule has 0 fully saturated rings. The number of hydrogen-bond acceptors (Lipinski definition) is 5. The topological polar surface area (TPSA) is 127 Å². The van der Waals surface area contributed by atoms with Gasteiger partial charge in [-0.25, -0.2) is 8.42 Å². The molecule has 0 saturated carbocycles. The number of nitrogens with one attached hydrogen (secondary N) is 1. The predicted octanol–water partition coefficient (Wildman–Crippen LogP) is -2.13. The van der Waals surface area contributed by atoms with Gasteiger partial charge in [0.2, 0.25) is 10.0 Å². The molecule has 0 aromatic rings. The Hall–Kier alpha value is -1.17. The average Bonchev–Trinajstić information content (AvgIpc) is 1.99. The van der Waals surface area contributed by atoms with Crippen molar-refractivity contribution in [3.63, 3.8) is 0 Å².